The number of piperidine rings is 1. The molecule has 5 N–H and O–H groups in total. The summed E-state index contributed by atoms with van der Waals surface area (Å²) < 4.78 is 0. The summed E-state index contributed by atoms with van der Waals surface area (Å²) in [6.45, 7) is 2.29. The van der Waals surface area contributed by atoms with Gasteiger partial charge in [-0.2, -0.15) is 0 Å². The van der Waals surface area contributed by atoms with Crippen molar-refractivity contribution in [2.24, 2.45) is 0 Å². The van der Waals surface area contributed by atoms with E-state index in [-0.39, 0.29) is 23.4 Å². The monoisotopic (exact) mass is 413 g/mol. The van der Waals surface area contributed by atoms with Crippen molar-refractivity contribution in [1.29, 1.82) is 0 Å². The van der Waals surface area contributed by atoms with Crippen molar-refractivity contribution >= 4 is 23.4 Å². The van der Waals surface area contributed by atoms with Gasteiger partial charge in [0.1, 0.15) is 0 Å². The Morgan fingerprint density at radius 1 is 0.967 bits per heavy atom. The predicted molar refractivity (Wildman–Crippen MR) is 109 cm³/mol. The van der Waals surface area contributed by atoms with E-state index in [1.54, 1.807) is 29.2 Å². The van der Waals surface area contributed by atoms with Crippen LogP contribution in [0.4, 0.5) is 5.69 Å². The third-order valence-electron chi connectivity index (χ3n) is 4.88. The van der Waals surface area contributed by atoms with E-state index in [2.05, 4.69) is 10.6 Å². The van der Waals surface area contributed by atoms with E-state index in [1.165, 1.54) is 6.92 Å². The lowest BCUT2D eigenvalue weighted by molar-refractivity contribution is -0.114. The Morgan fingerprint density at radius 2 is 1.60 bits per heavy atom. The molecule has 30 heavy (non-hydrogen) atoms. The van der Waals surface area contributed by atoms with E-state index in [0.29, 0.717) is 37.2 Å². The van der Waals surface area contributed by atoms with E-state index < -0.39 is 23.2 Å². The number of rotatable bonds is 4. The summed E-state index contributed by atoms with van der Waals surface area (Å²) in [4.78, 5) is 38.0. The standard InChI is InChI=1S/C21H23N3O6/c1-12(25)22-16-4-2-3-13(9-16)21(30)24-7-5-15(6-8-24)23-20(29)14-10-17(26)19(28)18(27)11-14/h2-4,9-11,15,26-28H,5-8H2,1H3,(H,22,25)(H,23,29). The van der Waals surface area contributed by atoms with E-state index in [0.717, 1.165) is 12.1 Å². The van der Waals surface area contributed by atoms with Crippen LogP contribution < -0.4 is 10.6 Å². The van der Waals surface area contributed by atoms with Crippen molar-refractivity contribution in [3.05, 3.63) is 47.5 Å². The topological polar surface area (TPSA) is 139 Å². The average Bonchev–Trinajstić information content (AvgIpc) is 2.71. The number of hydrogen-bond acceptors (Lipinski definition) is 6. The first-order valence-electron chi connectivity index (χ1n) is 9.47. The highest BCUT2D eigenvalue weighted by atomic mass is 16.3. The number of amides is 3. The van der Waals surface area contributed by atoms with Gasteiger partial charge in [-0.25, -0.2) is 0 Å². The molecule has 9 heteroatoms. The number of carbonyl (C=O) groups excluding carboxylic acids is 3. The predicted octanol–water partition coefficient (Wildman–Crippen LogP) is 1.80. The lowest BCUT2D eigenvalue weighted by Crippen LogP contribution is -2.46. The second-order valence-corrected chi connectivity index (χ2v) is 7.17. The summed E-state index contributed by atoms with van der Waals surface area (Å²) in [5, 5.41) is 33.9. The summed E-state index contributed by atoms with van der Waals surface area (Å²) in [5.74, 6) is -2.70. The Balaban J connectivity index is 1.57. The number of nitrogens with zero attached hydrogens (tertiary/aromatic N) is 1. The zero-order chi connectivity index (χ0) is 21.8. The molecule has 2 aromatic rings. The molecule has 0 atom stereocenters. The van der Waals surface area contributed by atoms with Gasteiger partial charge in [-0.15, -0.1) is 0 Å². The fourth-order valence-corrected chi connectivity index (χ4v) is 3.35. The summed E-state index contributed by atoms with van der Waals surface area (Å²) in [7, 11) is 0. The Bertz CT molecular complexity index is 959. The second-order valence-electron chi connectivity index (χ2n) is 7.17. The number of hydrogen-bond donors (Lipinski definition) is 5. The van der Waals surface area contributed by atoms with E-state index in [9.17, 15) is 29.7 Å². The third-order valence-corrected chi connectivity index (χ3v) is 4.88. The Hall–Kier alpha value is -3.75. The number of nitrogens with one attached hydrogen (secondary N) is 2. The molecule has 0 aromatic heterocycles. The van der Waals surface area contributed by atoms with Crippen molar-refractivity contribution in [1.82, 2.24) is 10.2 Å². The van der Waals surface area contributed by atoms with Gasteiger partial charge in [0.2, 0.25) is 5.91 Å². The zero-order valence-corrected chi connectivity index (χ0v) is 16.4. The number of aromatic hydroxyl groups is 3. The molecule has 0 bridgehead atoms. The van der Waals surface area contributed by atoms with Crippen LogP contribution in [0.1, 0.15) is 40.5 Å². The van der Waals surface area contributed by atoms with Crippen LogP contribution in [0.3, 0.4) is 0 Å². The van der Waals surface area contributed by atoms with Crippen molar-refractivity contribution < 1.29 is 29.7 Å². The van der Waals surface area contributed by atoms with Gasteiger partial charge in [-0.1, -0.05) is 6.07 Å². The largest absolute Gasteiger partial charge is 0.504 e. The molecule has 9 nitrogen and oxygen atoms in total. The molecule has 0 unspecified atom stereocenters. The molecular weight excluding hydrogens is 390 g/mol. The molecule has 2 aromatic carbocycles. The molecule has 0 saturated carbocycles. The Morgan fingerprint density at radius 3 is 2.20 bits per heavy atom. The number of anilines is 1. The molecule has 1 fully saturated rings. The molecule has 0 spiro atoms. The smallest absolute Gasteiger partial charge is 0.253 e. The number of carbonyl (C=O) groups is 3. The average molecular weight is 413 g/mol. The summed E-state index contributed by atoms with van der Waals surface area (Å²) >= 11 is 0. The number of benzene rings is 2. The fourth-order valence-electron chi connectivity index (χ4n) is 3.35. The molecule has 3 rings (SSSR count). The summed E-state index contributed by atoms with van der Waals surface area (Å²) in [5.41, 5.74) is 1.05. The minimum atomic E-state index is -0.680. The Labute approximate surface area is 172 Å². The summed E-state index contributed by atoms with van der Waals surface area (Å²) in [6, 6.07) is 8.70. The minimum Gasteiger partial charge on any atom is -0.504 e. The molecule has 0 aliphatic carbocycles. The molecule has 158 valence electrons. The van der Waals surface area contributed by atoms with Crippen molar-refractivity contribution in [2.45, 2.75) is 25.8 Å². The lowest BCUT2D eigenvalue weighted by atomic mass is 10.0. The number of phenols is 3. The first kappa shape index (κ1) is 21.0. The van der Waals surface area contributed by atoms with Gasteiger partial charge in [-0.05, 0) is 43.2 Å². The first-order valence-corrected chi connectivity index (χ1v) is 9.47. The normalized spacial score (nSPS) is 14.2. The van der Waals surface area contributed by atoms with Crippen LogP contribution in [0.5, 0.6) is 17.2 Å². The van der Waals surface area contributed by atoms with Crippen LogP contribution in [-0.4, -0.2) is 57.1 Å². The number of phenolic OH excluding ortho intramolecular Hbond substituents is 3. The molecule has 0 radical (unpaired) electrons. The molecule has 1 saturated heterocycles. The maximum Gasteiger partial charge on any atom is 0.253 e. The zero-order valence-electron chi connectivity index (χ0n) is 16.4. The molecule has 1 aliphatic heterocycles. The van der Waals surface area contributed by atoms with Crippen LogP contribution in [0.2, 0.25) is 0 Å². The third kappa shape index (κ3) is 4.80. The van der Waals surface area contributed by atoms with E-state index in [4.69, 9.17) is 0 Å². The highest BCUT2D eigenvalue weighted by Gasteiger charge is 2.25. The maximum absolute atomic E-state index is 12.7. The number of likely N-dealkylation sites (tertiary alicyclic amines) is 1. The maximum atomic E-state index is 12.7. The highest BCUT2D eigenvalue weighted by molar-refractivity contribution is 5.97. The second kappa shape index (κ2) is 8.73. The van der Waals surface area contributed by atoms with Gasteiger partial charge >= 0.3 is 0 Å². The molecule has 1 heterocycles. The molecular formula is C21H23N3O6. The van der Waals surface area contributed by atoms with Crippen molar-refractivity contribution in [3.63, 3.8) is 0 Å². The quantitative estimate of drug-likeness (QED) is 0.484. The van der Waals surface area contributed by atoms with Gasteiger partial charge < -0.3 is 30.9 Å². The van der Waals surface area contributed by atoms with Crippen LogP contribution >= 0.6 is 0 Å². The van der Waals surface area contributed by atoms with E-state index in [1.807, 2.05) is 0 Å². The lowest BCUT2D eigenvalue weighted by Gasteiger charge is -2.32. The van der Waals surface area contributed by atoms with E-state index >= 15 is 0 Å². The highest BCUT2D eigenvalue weighted by Crippen LogP contribution is 2.35. The van der Waals surface area contributed by atoms with Gasteiger partial charge in [0.05, 0.1) is 0 Å². The van der Waals surface area contributed by atoms with Gasteiger partial charge in [0.25, 0.3) is 11.8 Å². The SMILES string of the molecule is CC(=O)Nc1cccc(C(=O)N2CCC(NC(=O)c3cc(O)c(O)c(O)c3)CC2)c1. The van der Waals surface area contributed by atoms with Gasteiger partial charge in [0.15, 0.2) is 17.2 Å². The Kier molecular flexibility index (Phi) is 6.10. The van der Waals surface area contributed by atoms with Crippen molar-refractivity contribution in [3.8, 4) is 17.2 Å². The van der Waals surface area contributed by atoms with Crippen LogP contribution in [0, 0.1) is 0 Å². The molecule has 3 amide bonds. The van der Waals surface area contributed by atoms with Crippen LogP contribution in [0.15, 0.2) is 36.4 Å². The minimum absolute atomic E-state index is 0.0242. The van der Waals surface area contributed by atoms with Crippen molar-refractivity contribution in [2.75, 3.05) is 18.4 Å². The van der Waals surface area contributed by atoms with Crippen LogP contribution in [0.25, 0.3) is 0 Å². The first-order chi connectivity index (χ1) is 14.2. The fraction of sp³-hybridized carbons (Fsp3) is 0.286. The molecule has 1 aliphatic rings. The van der Waals surface area contributed by atoms with Crippen LogP contribution in [-0.2, 0) is 4.79 Å². The summed E-state index contributed by atoms with van der Waals surface area (Å²) in [6.07, 6.45) is 1.08. The van der Waals surface area contributed by atoms with Gasteiger partial charge in [0, 0.05) is 42.9 Å². The van der Waals surface area contributed by atoms with Gasteiger partial charge in [-0.3, -0.25) is 14.4 Å².